The first-order valence-corrected chi connectivity index (χ1v) is 15.5. The van der Waals surface area contributed by atoms with Gasteiger partial charge in [-0.25, -0.2) is 30.0 Å². The number of esters is 1. The first-order chi connectivity index (χ1) is 18.5. The number of hydrogen-bond acceptors (Lipinski definition) is 13. The number of benzene rings is 4. The molecule has 0 aliphatic carbocycles. The summed E-state index contributed by atoms with van der Waals surface area (Å²) in [7, 11) is -15.7. The normalized spacial score (nSPS) is 11.9. The standard InChI is InChI=1S/C24H23NO12S3.3Na/c1-13(2)24(26)37-10-9-36-8-7-25-18-11-19(38(27,28)29)15-5-6-17-21(40(33,34)35)12-20(39(30,31)32)16-4-3-14(18)22(15)23(16)17;;;/h3-6,11-12,25H,1,7-10H2,2H3,(H,27,28,29)(H,30,31,32)(H,33,34,35);;;/q;3*+1/p-3. The molecule has 0 radical (unpaired) electrons. The minimum atomic E-state index is -5.30. The van der Waals surface area contributed by atoms with Gasteiger partial charge in [0.1, 0.15) is 37.0 Å². The van der Waals surface area contributed by atoms with Crippen LogP contribution >= 0.6 is 0 Å². The molecule has 4 aromatic carbocycles. The zero-order chi connectivity index (χ0) is 29.6. The third kappa shape index (κ3) is 8.91. The molecule has 0 heterocycles. The van der Waals surface area contributed by atoms with Gasteiger partial charge in [0.25, 0.3) is 0 Å². The second-order valence-electron chi connectivity index (χ2n) is 8.68. The Kier molecular flexibility index (Phi) is 14.6. The van der Waals surface area contributed by atoms with E-state index in [1.165, 1.54) is 19.1 Å². The van der Waals surface area contributed by atoms with Crippen LogP contribution in [0.5, 0.6) is 0 Å². The summed E-state index contributed by atoms with van der Waals surface area (Å²) in [6.07, 6.45) is 0. The summed E-state index contributed by atoms with van der Waals surface area (Å²) in [5, 5.41) is 2.24. The van der Waals surface area contributed by atoms with Gasteiger partial charge in [-0.3, -0.25) is 0 Å². The average Bonchev–Trinajstić information content (AvgIpc) is 2.84. The minimum absolute atomic E-state index is 0. The molecule has 0 aromatic heterocycles. The molecule has 43 heavy (non-hydrogen) atoms. The SMILES string of the molecule is C=C(C)C(=O)OCCOCCNc1cc(S(=O)(=O)[O-])c2ccc3c(S(=O)(=O)[O-])cc(S(=O)(=O)[O-])c4ccc1c2c43.[Na+].[Na+].[Na+]. The quantitative estimate of drug-likeness (QED) is 0.0390. The Labute approximate surface area is 314 Å². The molecule has 19 heteroatoms. The van der Waals surface area contributed by atoms with Crippen LogP contribution in [-0.2, 0) is 44.6 Å². The van der Waals surface area contributed by atoms with Crippen molar-refractivity contribution in [3.05, 3.63) is 48.6 Å². The number of carbonyl (C=O) groups excluding carboxylic acids is 1. The van der Waals surface area contributed by atoms with Gasteiger partial charge in [-0.05, 0) is 24.4 Å². The molecule has 0 saturated heterocycles. The van der Waals surface area contributed by atoms with Crippen LogP contribution in [-0.4, -0.2) is 71.2 Å². The predicted molar refractivity (Wildman–Crippen MR) is 139 cm³/mol. The molecule has 0 bridgehead atoms. The Balaban J connectivity index is 0.00000308. The summed E-state index contributed by atoms with van der Waals surface area (Å²) in [4.78, 5) is 8.70. The van der Waals surface area contributed by atoms with E-state index in [0.717, 1.165) is 18.2 Å². The molecule has 0 aliphatic heterocycles. The van der Waals surface area contributed by atoms with Crippen molar-refractivity contribution >= 4 is 74.3 Å². The fraction of sp³-hybridized carbons (Fsp3) is 0.208. The number of anilines is 1. The molecule has 0 amide bonds. The fourth-order valence-corrected chi connectivity index (χ4v) is 6.52. The van der Waals surface area contributed by atoms with Gasteiger partial charge in [-0.15, -0.1) is 0 Å². The van der Waals surface area contributed by atoms with Crippen molar-refractivity contribution < 1.29 is 142 Å². The Morgan fingerprint density at radius 2 is 1.14 bits per heavy atom. The maximum atomic E-state index is 12.2. The van der Waals surface area contributed by atoms with E-state index in [4.69, 9.17) is 9.47 Å². The van der Waals surface area contributed by atoms with Crippen LogP contribution in [0, 0.1) is 0 Å². The fourth-order valence-electron chi connectivity index (χ4n) is 4.34. The second kappa shape index (κ2) is 15.5. The van der Waals surface area contributed by atoms with Crippen molar-refractivity contribution in [1.82, 2.24) is 0 Å². The third-order valence-electron chi connectivity index (χ3n) is 5.96. The Bertz CT molecular complexity index is 1960. The van der Waals surface area contributed by atoms with E-state index in [1.807, 2.05) is 0 Å². The van der Waals surface area contributed by atoms with Crippen LogP contribution in [0.15, 0.2) is 63.2 Å². The van der Waals surface area contributed by atoms with Gasteiger partial charge >= 0.3 is 94.6 Å². The second-order valence-corrected chi connectivity index (χ2v) is 12.7. The van der Waals surface area contributed by atoms with Crippen molar-refractivity contribution in [2.24, 2.45) is 0 Å². The number of ether oxygens (including phenoxy) is 2. The number of nitrogens with one attached hydrogen (secondary N) is 1. The van der Waals surface area contributed by atoms with Gasteiger partial charge < -0.3 is 28.4 Å². The van der Waals surface area contributed by atoms with Crippen molar-refractivity contribution in [1.29, 1.82) is 0 Å². The van der Waals surface area contributed by atoms with Gasteiger partial charge in [0.2, 0.25) is 0 Å². The maximum absolute atomic E-state index is 12.2. The monoisotopic (exact) mass is 679 g/mol. The van der Waals surface area contributed by atoms with Crippen LogP contribution in [0.25, 0.3) is 32.3 Å². The van der Waals surface area contributed by atoms with Crippen molar-refractivity contribution in [2.75, 3.05) is 31.7 Å². The summed E-state index contributed by atoms with van der Waals surface area (Å²) in [6, 6.07) is 6.34. The number of rotatable bonds is 11. The van der Waals surface area contributed by atoms with Crippen molar-refractivity contribution in [3.8, 4) is 0 Å². The average molecular weight is 680 g/mol. The zero-order valence-electron chi connectivity index (χ0n) is 23.6. The van der Waals surface area contributed by atoms with Gasteiger partial charge in [0.15, 0.2) is 0 Å². The zero-order valence-corrected chi connectivity index (χ0v) is 32.1. The third-order valence-corrected chi connectivity index (χ3v) is 8.59. The molecular weight excluding hydrogens is 659 g/mol. The van der Waals surface area contributed by atoms with Gasteiger partial charge in [-0.1, -0.05) is 30.8 Å². The summed E-state index contributed by atoms with van der Waals surface area (Å²) >= 11 is 0. The van der Waals surface area contributed by atoms with Crippen molar-refractivity contribution in [2.45, 2.75) is 21.6 Å². The summed E-state index contributed by atoms with van der Waals surface area (Å²) in [5.41, 5.74) is 0.315. The van der Waals surface area contributed by atoms with Crippen LogP contribution < -0.4 is 94.0 Å². The summed E-state index contributed by atoms with van der Waals surface area (Å²) in [5.74, 6) is -0.581. The molecule has 4 rings (SSSR count). The van der Waals surface area contributed by atoms with E-state index in [-0.39, 0.29) is 159 Å². The number of hydrogen-bond donors (Lipinski definition) is 1. The number of carbonyl (C=O) groups is 1. The van der Waals surface area contributed by atoms with E-state index in [2.05, 4.69) is 11.9 Å². The Morgan fingerprint density at radius 3 is 1.58 bits per heavy atom. The van der Waals surface area contributed by atoms with Crippen LogP contribution in [0.3, 0.4) is 0 Å². The Hall–Kier alpha value is -0.380. The molecule has 4 aromatic rings. The largest absolute Gasteiger partial charge is 1.00 e. The molecule has 1 N–H and O–H groups in total. The van der Waals surface area contributed by atoms with Crippen molar-refractivity contribution in [3.63, 3.8) is 0 Å². The van der Waals surface area contributed by atoms with Gasteiger partial charge in [0.05, 0.1) is 27.9 Å². The van der Waals surface area contributed by atoms with E-state index in [1.54, 1.807) is 0 Å². The van der Waals surface area contributed by atoms with Gasteiger partial charge in [-0.2, -0.15) is 0 Å². The summed E-state index contributed by atoms with van der Waals surface area (Å²) < 4.78 is 119. The Morgan fingerprint density at radius 1 is 0.721 bits per heavy atom. The molecule has 0 atom stereocenters. The first kappa shape index (κ1) is 40.6. The molecule has 214 valence electrons. The molecule has 0 saturated carbocycles. The predicted octanol–water partition coefficient (Wildman–Crippen LogP) is -7.14. The molecule has 0 fully saturated rings. The molecule has 0 aliphatic rings. The van der Waals surface area contributed by atoms with E-state index in [0.29, 0.717) is 6.07 Å². The first-order valence-electron chi connectivity index (χ1n) is 11.3. The van der Waals surface area contributed by atoms with Crippen LogP contribution in [0.2, 0.25) is 0 Å². The maximum Gasteiger partial charge on any atom is 1.00 e. The van der Waals surface area contributed by atoms with Crippen LogP contribution in [0.1, 0.15) is 6.92 Å². The van der Waals surface area contributed by atoms with E-state index in [9.17, 15) is 43.7 Å². The topological polar surface area (TPSA) is 219 Å². The minimum Gasteiger partial charge on any atom is -0.744 e. The summed E-state index contributed by atoms with van der Waals surface area (Å²) in [6.45, 7) is 5.04. The van der Waals surface area contributed by atoms with E-state index >= 15 is 0 Å². The van der Waals surface area contributed by atoms with Crippen LogP contribution in [0.4, 0.5) is 5.69 Å². The molecule has 0 spiro atoms. The molecule has 13 nitrogen and oxygen atoms in total. The van der Waals surface area contributed by atoms with Gasteiger partial charge in [0, 0.05) is 44.7 Å². The smallest absolute Gasteiger partial charge is 0.744 e. The molecular formula is C24H20NNa3O12S3. The van der Waals surface area contributed by atoms with E-state index < -0.39 is 51.0 Å². The molecule has 0 unspecified atom stereocenters.